The molecule has 4 heteroatoms. The summed E-state index contributed by atoms with van der Waals surface area (Å²) in [5.74, 6) is 4.22. The van der Waals surface area contributed by atoms with Crippen LogP contribution in [0.3, 0.4) is 0 Å². The maximum atomic E-state index is 9.28. The maximum absolute atomic E-state index is 9.28. The molecule has 2 aromatic rings. The molecule has 0 amide bonds. The summed E-state index contributed by atoms with van der Waals surface area (Å²) in [5, 5.41) is 9.28. The average molecular weight is 443 g/mol. The van der Waals surface area contributed by atoms with E-state index < -0.39 is 0 Å². The van der Waals surface area contributed by atoms with E-state index in [2.05, 4.69) is 20.8 Å². The monoisotopic (exact) mass is 442 g/mol. The van der Waals surface area contributed by atoms with E-state index in [9.17, 15) is 5.11 Å². The van der Waals surface area contributed by atoms with Gasteiger partial charge in [0.1, 0.15) is 23.0 Å². The molecule has 178 valence electrons. The summed E-state index contributed by atoms with van der Waals surface area (Å²) in [7, 11) is 0. The second-order valence-electron chi connectivity index (χ2n) is 9.17. The van der Waals surface area contributed by atoms with E-state index in [-0.39, 0.29) is 5.75 Å². The van der Waals surface area contributed by atoms with Crippen molar-refractivity contribution in [2.45, 2.75) is 72.1 Å². The minimum atomic E-state index is 0.265. The Kier molecular flexibility index (Phi) is 12.5. The predicted molar refractivity (Wildman–Crippen MR) is 132 cm³/mol. The van der Waals surface area contributed by atoms with Crippen LogP contribution in [-0.2, 0) is 0 Å². The third kappa shape index (κ3) is 11.9. The van der Waals surface area contributed by atoms with Crippen molar-refractivity contribution in [3.63, 3.8) is 0 Å². The van der Waals surface area contributed by atoms with Crippen molar-refractivity contribution in [2.24, 2.45) is 11.8 Å². The molecule has 0 saturated carbocycles. The lowest BCUT2D eigenvalue weighted by molar-refractivity contribution is 0.245. The maximum Gasteiger partial charge on any atom is 0.119 e. The van der Waals surface area contributed by atoms with Gasteiger partial charge in [-0.25, -0.2) is 0 Å². The van der Waals surface area contributed by atoms with Crippen LogP contribution >= 0.6 is 0 Å². The molecule has 0 aromatic heterocycles. The number of phenols is 1. The van der Waals surface area contributed by atoms with Crippen LogP contribution in [-0.4, -0.2) is 24.9 Å². The molecule has 0 aliphatic carbocycles. The number of rotatable bonds is 17. The third-order valence-electron chi connectivity index (χ3n) is 5.50. The van der Waals surface area contributed by atoms with Gasteiger partial charge in [-0.1, -0.05) is 52.9 Å². The van der Waals surface area contributed by atoms with Crippen LogP contribution < -0.4 is 14.2 Å². The van der Waals surface area contributed by atoms with Crippen LogP contribution in [0, 0.1) is 11.8 Å². The van der Waals surface area contributed by atoms with Crippen LogP contribution in [0.2, 0.25) is 0 Å². The topological polar surface area (TPSA) is 47.9 Å². The molecule has 0 aliphatic heterocycles. The van der Waals surface area contributed by atoms with E-state index in [4.69, 9.17) is 14.2 Å². The molecule has 32 heavy (non-hydrogen) atoms. The molecule has 0 bridgehead atoms. The van der Waals surface area contributed by atoms with Gasteiger partial charge in [0.05, 0.1) is 19.8 Å². The molecule has 1 unspecified atom stereocenters. The second-order valence-corrected chi connectivity index (χ2v) is 9.17. The van der Waals surface area contributed by atoms with E-state index in [0.29, 0.717) is 12.5 Å². The zero-order valence-electron chi connectivity index (χ0n) is 20.2. The lowest BCUT2D eigenvalue weighted by Gasteiger charge is -2.14. The van der Waals surface area contributed by atoms with Gasteiger partial charge in [0.2, 0.25) is 0 Å². The molecule has 1 atom stereocenters. The van der Waals surface area contributed by atoms with E-state index >= 15 is 0 Å². The number of ether oxygens (including phenoxy) is 3. The molecule has 4 nitrogen and oxygen atoms in total. The lowest BCUT2D eigenvalue weighted by atomic mass is 10.0. The lowest BCUT2D eigenvalue weighted by Crippen LogP contribution is -2.08. The first-order valence-corrected chi connectivity index (χ1v) is 12.3. The first-order valence-electron chi connectivity index (χ1n) is 12.3. The van der Waals surface area contributed by atoms with Crippen LogP contribution in [0.5, 0.6) is 23.0 Å². The SMILES string of the molecule is CC(C)CCCCCOc1ccc(OCC(C)CCCCCOc2ccc(O)cc2)cc1. The van der Waals surface area contributed by atoms with Gasteiger partial charge in [0, 0.05) is 0 Å². The predicted octanol–water partition coefficient (Wildman–Crippen LogP) is 7.64. The standard InChI is InChI=1S/C28H42O4/c1-23(2)10-6-4-8-20-31-27-16-18-28(19-17-27)32-22-24(3)11-7-5-9-21-30-26-14-12-25(29)13-15-26/h12-19,23-24,29H,4-11,20-22H2,1-3H3. The zero-order chi connectivity index (χ0) is 23.0. The highest BCUT2D eigenvalue weighted by Gasteiger charge is 2.05. The summed E-state index contributed by atoms with van der Waals surface area (Å²) in [6.07, 6.45) is 9.46. The van der Waals surface area contributed by atoms with Gasteiger partial charge < -0.3 is 19.3 Å². The van der Waals surface area contributed by atoms with Gasteiger partial charge in [-0.05, 0) is 79.6 Å². The fraction of sp³-hybridized carbons (Fsp3) is 0.571. The van der Waals surface area contributed by atoms with Gasteiger partial charge in [-0.3, -0.25) is 0 Å². The van der Waals surface area contributed by atoms with Gasteiger partial charge in [-0.15, -0.1) is 0 Å². The fourth-order valence-corrected chi connectivity index (χ4v) is 3.48. The fourth-order valence-electron chi connectivity index (χ4n) is 3.48. The van der Waals surface area contributed by atoms with Crippen LogP contribution in [0.15, 0.2) is 48.5 Å². The van der Waals surface area contributed by atoms with Crippen molar-refractivity contribution in [3.05, 3.63) is 48.5 Å². The van der Waals surface area contributed by atoms with Gasteiger partial charge in [0.15, 0.2) is 0 Å². The number of phenolic OH excluding ortho intramolecular Hbond substituents is 1. The smallest absolute Gasteiger partial charge is 0.119 e. The van der Waals surface area contributed by atoms with E-state index in [1.807, 2.05) is 24.3 Å². The molecular formula is C28H42O4. The van der Waals surface area contributed by atoms with E-state index in [1.54, 1.807) is 24.3 Å². The number of hydrogen-bond donors (Lipinski definition) is 1. The van der Waals surface area contributed by atoms with Crippen molar-refractivity contribution in [1.82, 2.24) is 0 Å². The summed E-state index contributed by atoms with van der Waals surface area (Å²) in [4.78, 5) is 0. The third-order valence-corrected chi connectivity index (χ3v) is 5.50. The van der Waals surface area contributed by atoms with Gasteiger partial charge >= 0.3 is 0 Å². The molecule has 0 spiro atoms. The first kappa shape index (κ1) is 25.9. The Balaban J connectivity index is 1.48. The van der Waals surface area contributed by atoms with Crippen LogP contribution in [0.4, 0.5) is 0 Å². The molecule has 0 saturated heterocycles. The van der Waals surface area contributed by atoms with Gasteiger partial charge in [0.25, 0.3) is 0 Å². The quantitative estimate of drug-likeness (QED) is 0.256. The van der Waals surface area contributed by atoms with E-state index in [1.165, 1.54) is 25.7 Å². The number of hydrogen-bond acceptors (Lipinski definition) is 4. The summed E-state index contributed by atoms with van der Waals surface area (Å²) in [5.41, 5.74) is 0. The van der Waals surface area contributed by atoms with Crippen LogP contribution in [0.25, 0.3) is 0 Å². The molecular weight excluding hydrogens is 400 g/mol. The highest BCUT2D eigenvalue weighted by atomic mass is 16.5. The zero-order valence-corrected chi connectivity index (χ0v) is 20.2. The molecule has 1 N–H and O–H groups in total. The van der Waals surface area contributed by atoms with Crippen molar-refractivity contribution >= 4 is 0 Å². The Morgan fingerprint density at radius 1 is 0.594 bits per heavy atom. The summed E-state index contributed by atoms with van der Waals surface area (Å²) < 4.78 is 17.5. The Labute approximate surface area is 194 Å². The molecule has 0 heterocycles. The van der Waals surface area contributed by atoms with Crippen molar-refractivity contribution < 1.29 is 19.3 Å². The van der Waals surface area contributed by atoms with Crippen molar-refractivity contribution in [1.29, 1.82) is 0 Å². The Hall–Kier alpha value is -2.36. The second kappa shape index (κ2) is 15.4. The van der Waals surface area contributed by atoms with E-state index in [0.717, 1.165) is 62.1 Å². The molecule has 0 aliphatic rings. The number of aromatic hydroxyl groups is 1. The summed E-state index contributed by atoms with van der Waals surface area (Å²) in [6, 6.07) is 14.9. The van der Waals surface area contributed by atoms with Crippen LogP contribution in [0.1, 0.15) is 72.1 Å². The molecule has 0 fully saturated rings. The molecule has 2 rings (SSSR count). The minimum absolute atomic E-state index is 0.265. The number of benzene rings is 2. The summed E-state index contributed by atoms with van der Waals surface area (Å²) >= 11 is 0. The molecule has 2 aromatic carbocycles. The highest BCUT2D eigenvalue weighted by molar-refractivity contribution is 5.31. The molecule has 0 radical (unpaired) electrons. The Morgan fingerprint density at radius 3 is 1.59 bits per heavy atom. The minimum Gasteiger partial charge on any atom is -0.508 e. The average Bonchev–Trinajstić information content (AvgIpc) is 2.79. The van der Waals surface area contributed by atoms with Gasteiger partial charge in [-0.2, -0.15) is 0 Å². The largest absolute Gasteiger partial charge is 0.508 e. The van der Waals surface area contributed by atoms with Crippen molar-refractivity contribution in [2.75, 3.05) is 19.8 Å². The van der Waals surface area contributed by atoms with Crippen molar-refractivity contribution in [3.8, 4) is 23.0 Å². The Morgan fingerprint density at radius 2 is 1.06 bits per heavy atom. The highest BCUT2D eigenvalue weighted by Crippen LogP contribution is 2.20. The Bertz CT molecular complexity index is 709. The normalized spacial score (nSPS) is 12.0. The first-order chi connectivity index (χ1) is 15.5. The summed E-state index contributed by atoms with van der Waals surface area (Å²) in [6.45, 7) is 9.03. The number of unbranched alkanes of at least 4 members (excludes halogenated alkanes) is 4.